The third-order valence-electron chi connectivity index (χ3n) is 5.15. The molecule has 25 heavy (non-hydrogen) atoms. The maximum atomic E-state index is 2.35. The highest BCUT2D eigenvalue weighted by molar-refractivity contribution is 5.97. The van der Waals surface area contributed by atoms with Gasteiger partial charge >= 0.3 is 0 Å². The van der Waals surface area contributed by atoms with Gasteiger partial charge in [-0.25, -0.2) is 0 Å². The highest BCUT2D eigenvalue weighted by Crippen LogP contribution is 2.48. The first-order valence-electron chi connectivity index (χ1n) is 8.76. The van der Waals surface area contributed by atoms with Crippen LogP contribution in [-0.4, -0.2) is 0 Å². The molecule has 5 rings (SSSR count). The van der Waals surface area contributed by atoms with Crippen LogP contribution in [0, 0.1) is 0 Å². The minimum Gasteiger partial charge on any atom is -0.0720 e. The van der Waals surface area contributed by atoms with Gasteiger partial charge in [0.2, 0.25) is 0 Å². The largest absolute Gasteiger partial charge is 0.0720 e. The van der Waals surface area contributed by atoms with E-state index in [1.54, 1.807) is 0 Å². The Kier molecular flexibility index (Phi) is 3.28. The molecule has 0 aliphatic heterocycles. The SMILES string of the molecule is C(=CC1c2ccccc2-c2ccc3ccccc3c21)c1ccccc1. The normalized spacial score (nSPS) is 15.4. The molecule has 4 aromatic rings. The van der Waals surface area contributed by atoms with E-state index in [9.17, 15) is 0 Å². The number of rotatable bonds is 2. The molecular weight excluding hydrogens is 300 g/mol. The first kappa shape index (κ1) is 14.2. The molecule has 0 saturated heterocycles. The van der Waals surface area contributed by atoms with Crippen molar-refractivity contribution in [2.75, 3.05) is 0 Å². The lowest BCUT2D eigenvalue weighted by molar-refractivity contribution is 1.09. The van der Waals surface area contributed by atoms with Crippen molar-refractivity contribution in [2.45, 2.75) is 5.92 Å². The van der Waals surface area contributed by atoms with Crippen LogP contribution in [0.1, 0.15) is 22.6 Å². The van der Waals surface area contributed by atoms with Gasteiger partial charge in [0.15, 0.2) is 0 Å². The molecule has 118 valence electrons. The molecule has 0 N–H and O–H groups in total. The fourth-order valence-corrected chi connectivity index (χ4v) is 4.01. The van der Waals surface area contributed by atoms with Crippen LogP contribution in [0.15, 0.2) is 97.1 Å². The highest BCUT2D eigenvalue weighted by Gasteiger charge is 2.28. The van der Waals surface area contributed by atoms with E-state index >= 15 is 0 Å². The van der Waals surface area contributed by atoms with E-state index in [4.69, 9.17) is 0 Å². The molecule has 0 amide bonds. The molecule has 1 atom stereocenters. The monoisotopic (exact) mass is 318 g/mol. The fraction of sp³-hybridized carbons (Fsp3) is 0.0400. The minimum atomic E-state index is 0.303. The lowest BCUT2D eigenvalue weighted by atomic mass is 9.91. The van der Waals surface area contributed by atoms with Crippen molar-refractivity contribution < 1.29 is 0 Å². The van der Waals surface area contributed by atoms with Crippen LogP contribution < -0.4 is 0 Å². The van der Waals surface area contributed by atoms with Crippen LogP contribution in [-0.2, 0) is 0 Å². The van der Waals surface area contributed by atoms with Crippen molar-refractivity contribution in [1.82, 2.24) is 0 Å². The van der Waals surface area contributed by atoms with Gasteiger partial charge in [0.1, 0.15) is 0 Å². The average Bonchev–Trinajstić information content (AvgIpc) is 3.01. The zero-order valence-corrected chi connectivity index (χ0v) is 13.9. The molecule has 0 saturated carbocycles. The lowest BCUT2D eigenvalue weighted by Gasteiger charge is -2.12. The van der Waals surface area contributed by atoms with Crippen LogP contribution in [0.3, 0.4) is 0 Å². The second-order valence-corrected chi connectivity index (χ2v) is 6.58. The maximum Gasteiger partial charge on any atom is 0.0291 e. The summed E-state index contributed by atoms with van der Waals surface area (Å²) in [5.41, 5.74) is 6.82. The molecule has 0 nitrogen and oxygen atoms in total. The van der Waals surface area contributed by atoms with Crippen LogP contribution in [0.5, 0.6) is 0 Å². The maximum absolute atomic E-state index is 2.35. The molecule has 0 radical (unpaired) electrons. The van der Waals surface area contributed by atoms with Gasteiger partial charge in [-0.2, -0.15) is 0 Å². The van der Waals surface area contributed by atoms with Crippen LogP contribution >= 0.6 is 0 Å². The van der Waals surface area contributed by atoms with Gasteiger partial charge in [-0.05, 0) is 38.6 Å². The molecule has 0 aromatic heterocycles. The molecule has 0 heterocycles. The fourth-order valence-electron chi connectivity index (χ4n) is 4.01. The van der Waals surface area contributed by atoms with Crippen molar-refractivity contribution in [3.05, 3.63) is 114 Å². The van der Waals surface area contributed by atoms with E-state index < -0.39 is 0 Å². The van der Waals surface area contributed by atoms with E-state index in [1.807, 2.05) is 0 Å². The number of allylic oxidation sites excluding steroid dienone is 1. The van der Waals surface area contributed by atoms with E-state index in [1.165, 1.54) is 38.6 Å². The Morgan fingerprint density at radius 1 is 0.600 bits per heavy atom. The van der Waals surface area contributed by atoms with E-state index in [0.717, 1.165) is 0 Å². The second kappa shape index (κ2) is 5.75. The Hall–Kier alpha value is -3.12. The van der Waals surface area contributed by atoms with Gasteiger partial charge in [0, 0.05) is 5.92 Å². The number of hydrogen-bond donors (Lipinski definition) is 0. The molecule has 1 unspecified atom stereocenters. The summed E-state index contributed by atoms with van der Waals surface area (Å²) in [5.74, 6) is 0.303. The molecule has 0 bridgehead atoms. The third-order valence-corrected chi connectivity index (χ3v) is 5.15. The van der Waals surface area contributed by atoms with E-state index in [2.05, 4.69) is 103 Å². The number of benzene rings is 4. The van der Waals surface area contributed by atoms with Gasteiger partial charge in [-0.3, -0.25) is 0 Å². The summed E-state index contributed by atoms with van der Waals surface area (Å²) in [4.78, 5) is 0. The highest BCUT2D eigenvalue weighted by atomic mass is 14.3. The molecule has 1 aliphatic rings. The zero-order valence-electron chi connectivity index (χ0n) is 13.9. The quantitative estimate of drug-likeness (QED) is 0.387. The first-order chi connectivity index (χ1) is 12.4. The smallest absolute Gasteiger partial charge is 0.0291 e. The predicted octanol–water partition coefficient (Wildman–Crippen LogP) is 6.67. The second-order valence-electron chi connectivity index (χ2n) is 6.58. The Morgan fingerprint density at radius 3 is 2.28 bits per heavy atom. The third kappa shape index (κ3) is 2.30. The molecule has 0 spiro atoms. The van der Waals surface area contributed by atoms with Gasteiger partial charge < -0.3 is 0 Å². The van der Waals surface area contributed by atoms with Gasteiger partial charge in [0.25, 0.3) is 0 Å². The molecule has 1 aliphatic carbocycles. The summed E-state index contributed by atoms with van der Waals surface area (Å²) in [6, 6.07) is 32.6. The van der Waals surface area contributed by atoms with Crippen molar-refractivity contribution in [1.29, 1.82) is 0 Å². The Balaban J connectivity index is 1.74. The summed E-state index contributed by atoms with van der Waals surface area (Å²) in [5, 5.41) is 2.67. The molecule has 0 heteroatoms. The summed E-state index contributed by atoms with van der Waals surface area (Å²) in [6.07, 6.45) is 4.60. The van der Waals surface area contributed by atoms with Crippen molar-refractivity contribution in [3.63, 3.8) is 0 Å². The molecular formula is C25H18. The summed E-state index contributed by atoms with van der Waals surface area (Å²) >= 11 is 0. The van der Waals surface area contributed by atoms with Crippen molar-refractivity contribution in [3.8, 4) is 11.1 Å². The van der Waals surface area contributed by atoms with E-state index in [-0.39, 0.29) is 0 Å². The van der Waals surface area contributed by atoms with Gasteiger partial charge in [-0.15, -0.1) is 0 Å². The summed E-state index contributed by atoms with van der Waals surface area (Å²) in [7, 11) is 0. The minimum absolute atomic E-state index is 0.303. The first-order valence-corrected chi connectivity index (χ1v) is 8.76. The number of fused-ring (bicyclic) bond motifs is 5. The van der Waals surface area contributed by atoms with E-state index in [0.29, 0.717) is 5.92 Å². The Labute approximate surface area is 148 Å². The standard InChI is InChI=1S/C25H18/c1-2-8-18(9-3-1)14-16-23-21-12-6-7-13-22(21)24-17-15-19-10-4-5-11-20(19)25(23)24/h1-17,23H. The van der Waals surface area contributed by atoms with Crippen molar-refractivity contribution in [2.24, 2.45) is 0 Å². The predicted molar refractivity (Wildman–Crippen MR) is 107 cm³/mol. The van der Waals surface area contributed by atoms with Gasteiger partial charge in [0.05, 0.1) is 0 Å². The molecule has 0 fully saturated rings. The summed E-state index contributed by atoms with van der Waals surface area (Å²) in [6.45, 7) is 0. The topological polar surface area (TPSA) is 0 Å². The molecule has 4 aromatic carbocycles. The average molecular weight is 318 g/mol. The van der Waals surface area contributed by atoms with Crippen LogP contribution in [0.25, 0.3) is 28.0 Å². The van der Waals surface area contributed by atoms with Crippen LogP contribution in [0.4, 0.5) is 0 Å². The lowest BCUT2D eigenvalue weighted by Crippen LogP contribution is -1.93. The van der Waals surface area contributed by atoms with Gasteiger partial charge in [-0.1, -0.05) is 103 Å². The summed E-state index contributed by atoms with van der Waals surface area (Å²) < 4.78 is 0. The van der Waals surface area contributed by atoms with Crippen molar-refractivity contribution >= 4 is 16.8 Å². The Bertz CT molecular complexity index is 1090. The Morgan fingerprint density at radius 2 is 1.36 bits per heavy atom. The van der Waals surface area contributed by atoms with Crippen LogP contribution in [0.2, 0.25) is 0 Å². The number of hydrogen-bond acceptors (Lipinski definition) is 0. The zero-order chi connectivity index (χ0) is 16.6.